The number of carboxylic acids is 2. The van der Waals surface area contributed by atoms with Crippen molar-refractivity contribution in [2.45, 2.75) is 25.9 Å². The molecule has 0 aliphatic carbocycles. The summed E-state index contributed by atoms with van der Waals surface area (Å²) >= 11 is 0. The predicted octanol–water partition coefficient (Wildman–Crippen LogP) is 0.541. The van der Waals surface area contributed by atoms with Crippen molar-refractivity contribution in [2.75, 3.05) is 6.54 Å². The fraction of sp³-hybridized carbons (Fsp3) is 0.385. The molecule has 1 rings (SSSR count). The Hall–Kier alpha value is -2.64. The molecule has 0 fully saturated rings. The maximum atomic E-state index is 12.0. The standard InChI is InChI=1S/C13H17N3O5/c1-2-16(8-9-3-5-14-6-4-9)13(21)15-10(12(19)20)7-11(17)18/h3-6,10H,2,7-8H2,1H3,(H,15,21)(H,17,18)(H,19,20). The van der Waals surface area contributed by atoms with Gasteiger partial charge in [0.1, 0.15) is 6.04 Å². The number of hydrogen-bond donors (Lipinski definition) is 3. The lowest BCUT2D eigenvalue weighted by Crippen LogP contribution is -2.48. The van der Waals surface area contributed by atoms with Crippen LogP contribution < -0.4 is 5.32 Å². The minimum atomic E-state index is -1.46. The van der Waals surface area contributed by atoms with Crippen LogP contribution in [0.1, 0.15) is 18.9 Å². The van der Waals surface area contributed by atoms with Gasteiger partial charge < -0.3 is 20.4 Å². The first-order chi connectivity index (χ1) is 9.93. The van der Waals surface area contributed by atoms with Crippen molar-refractivity contribution >= 4 is 18.0 Å². The quantitative estimate of drug-likeness (QED) is 0.675. The molecule has 1 aromatic heterocycles. The van der Waals surface area contributed by atoms with E-state index < -0.39 is 30.4 Å². The molecule has 0 radical (unpaired) electrons. The number of hydrogen-bond acceptors (Lipinski definition) is 4. The Balaban J connectivity index is 2.69. The number of carbonyl (C=O) groups excluding carboxylic acids is 1. The Morgan fingerprint density at radius 1 is 1.29 bits per heavy atom. The van der Waals surface area contributed by atoms with E-state index in [0.29, 0.717) is 6.54 Å². The van der Waals surface area contributed by atoms with Crippen LogP contribution >= 0.6 is 0 Å². The highest BCUT2D eigenvalue weighted by atomic mass is 16.4. The smallest absolute Gasteiger partial charge is 0.326 e. The molecule has 114 valence electrons. The molecule has 0 aromatic carbocycles. The zero-order valence-corrected chi connectivity index (χ0v) is 11.5. The van der Waals surface area contributed by atoms with Gasteiger partial charge in [0.2, 0.25) is 0 Å². The van der Waals surface area contributed by atoms with Crippen molar-refractivity contribution in [3.8, 4) is 0 Å². The monoisotopic (exact) mass is 295 g/mol. The Morgan fingerprint density at radius 3 is 2.38 bits per heavy atom. The number of nitrogens with one attached hydrogen (secondary N) is 1. The number of aliphatic carboxylic acids is 2. The van der Waals surface area contributed by atoms with Crippen LogP contribution in [0.2, 0.25) is 0 Å². The Morgan fingerprint density at radius 2 is 1.90 bits per heavy atom. The second-order valence-electron chi connectivity index (χ2n) is 4.31. The number of aromatic nitrogens is 1. The second-order valence-corrected chi connectivity index (χ2v) is 4.31. The first kappa shape index (κ1) is 16.4. The van der Waals surface area contributed by atoms with Gasteiger partial charge in [-0.15, -0.1) is 0 Å². The largest absolute Gasteiger partial charge is 0.481 e. The summed E-state index contributed by atoms with van der Waals surface area (Å²) < 4.78 is 0. The van der Waals surface area contributed by atoms with Gasteiger partial charge in [0.15, 0.2) is 0 Å². The first-order valence-electron chi connectivity index (χ1n) is 6.33. The highest BCUT2D eigenvalue weighted by Gasteiger charge is 2.25. The van der Waals surface area contributed by atoms with E-state index in [-0.39, 0.29) is 6.54 Å². The van der Waals surface area contributed by atoms with E-state index in [9.17, 15) is 14.4 Å². The minimum absolute atomic E-state index is 0.282. The lowest BCUT2D eigenvalue weighted by atomic mass is 10.2. The summed E-state index contributed by atoms with van der Waals surface area (Å²) in [5.74, 6) is -2.68. The second kappa shape index (κ2) is 7.83. The first-order valence-corrected chi connectivity index (χ1v) is 6.33. The van der Waals surface area contributed by atoms with E-state index in [4.69, 9.17) is 10.2 Å². The molecule has 3 N–H and O–H groups in total. The SMILES string of the molecule is CCN(Cc1ccncc1)C(=O)NC(CC(=O)O)C(=O)O. The number of rotatable bonds is 7. The molecule has 1 aromatic rings. The van der Waals surface area contributed by atoms with Gasteiger partial charge in [-0.1, -0.05) is 0 Å². The number of carbonyl (C=O) groups is 3. The molecular weight excluding hydrogens is 278 g/mol. The van der Waals surface area contributed by atoms with Gasteiger partial charge in [0.25, 0.3) is 0 Å². The molecule has 1 heterocycles. The summed E-state index contributed by atoms with van der Waals surface area (Å²) in [7, 11) is 0. The summed E-state index contributed by atoms with van der Waals surface area (Å²) in [5.41, 5.74) is 0.840. The summed E-state index contributed by atoms with van der Waals surface area (Å²) in [5, 5.41) is 19.8. The molecule has 1 unspecified atom stereocenters. The van der Waals surface area contributed by atoms with Crippen molar-refractivity contribution < 1.29 is 24.6 Å². The Labute approximate surface area is 121 Å². The number of urea groups is 1. The van der Waals surface area contributed by atoms with E-state index >= 15 is 0 Å². The lowest BCUT2D eigenvalue weighted by molar-refractivity contribution is -0.145. The van der Waals surface area contributed by atoms with Crippen molar-refractivity contribution in [1.82, 2.24) is 15.2 Å². The van der Waals surface area contributed by atoms with Gasteiger partial charge in [-0.2, -0.15) is 0 Å². The molecular formula is C13H17N3O5. The van der Waals surface area contributed by atoms with Crippen LogP contribution in [0.5, 0.6) is 0 Å². The summed E-state index contributed by atoms with van der Waals surface area (Å²) in [6, 6.07) is 1.40. The van der Waals surface area contributed by atoms with Crippen LogP contribution in [0.3, 0.4) is 0 Å². The third-order valence-corrected chi connectivity index (χ3v) is 2.77. The topological polar surface area (TPSA) is 120 Å². The molecule has 8 nitrogen and oxygen atoms in total. The van der Waals surface area contributed by atoms with E-state index in [1.54, 1.807) is 31.5 Å². The van der Waals surface area contributed by atoms with E-state index in [1.807, 2.05) is 0 Å². The van der Waals surface area contributed by atoms with Crippen LogP contribution in [-0.2, 0) is 16.1 Å². The molecule has 2 amide bonds. The number of carboxylic acid groups (broad SMARTS) is 2. The average Bonchev–Trinajstić information content (AvgIpc) is 2.44. The zero-order valence-electron chi connectivity index (χ0n) is 11.5. The molecule has 0 spiro atoms. The van der Waals surface area contributed by atoms with E-state index in [0.717, 1.165) is 5.56 Å². The molecule has 8 heteroatoms. The number of pyridine rings is 1. The number of amides is 2. The van der Waals surface area contributed by atoms with Crippen LogP contribution in [0.4, 0.5) is 4.79 Å². The maximum Gasteiger partial charge on any atom is 0.326 e. The molecule has 0 saturated heterocycles. The van der Waals surface area contributed by atoms with Crippen LogP contribution in [0.15, 0.2) is 24.5 Å². The van der Waals surface area contributed by atoms with E-state index in [2.05, 4.69) is 10.3 Å². The maximum absolute atomic E-state index is 12.0. The summed E-state index contributed by atoms with van der Waals surface area (Å²) in [6.07, 6.45) is 2.50. The highest BCUT2D eigenvalue weighted by molar-refractivity contribution is 5.86. The fourth-order valence-corrected chi connectivity index (χ4v) is 1.65. The third kappa shape index (κ3) is 5.47. The highest BCUT2D eigenvalue weighted by Crippen LogP contribution is 2.04. The van der Waals surface area contributed by atoms with E-state index in [1.165, 1.54) is 4.90 Å². The molecule has 21 heavy (non-hydrogen) atoms. The molecule has 0 aliphatic rings. The lowest BCUT2D eigenvalue weighted by Gasteiger charge is -2.23. The Kier molecular flexibility index (Phi) is 6.12. The van der Waals surface area contributed by atoms with Gasteiger partial charge in [0.05, 0.1) is 6.42 Å². The van der Waals surface area contributed by atoms with Gasteiger partial charge >= 0.3 is 18.0 Å². The number of nitrogens with zero attached hydrogens (tertiary/aromatic N) is 2. The Bertz CT molecular complexity index is 506. The van der Waals surface area contributed by atoms with Crippen molar-refractivity contribution in [3.05, 3.63) is 30.1 Å². The molecule has 0 aliphatic heterocycles. The average molecular weight is 295 g/mol. The molecule has 0 bridgehead atoms. The third-order valence-electron chi connectivity index (χ3n) is 2.77. The van der Waals surface area contributed by atoms with Crippen LogP contribution in [0, 0.1) is 0 Å². The van der Waals surface area contributed by atoms with Crippen molar-refractivity contribution in [2.24, 2.45) is 0 Å². The van der Waals surface area contributed by atoms with Crippen molar-refractivity contribution in [1.29, 1.82) is 0 Å². The van der Waals surface area contributed by atoms with Crippen LogP contribution in [-0.4, -0.2) is 50.7 Å². The van der Waals surface area contributed by atoms with Gasteiger partial charge in [-0.25, -0.2) is 9.59 Å². The normalized spacial score (nSPS) is 11.5. The summed E-state index contributed by atoms with van der Waals surface area (Å²) in [4.78, 5) is 38.8. The predicted molar refractivity (Wildman–Crippen MR) is 72.5 cm³/mol. The molecule has 1 atom stereocenters. The van der Waals surface area contributed by atoms with Gasteiger partial charge in [-0.3, -0.25) is 9.78 Å². The van der Waals surface area contributed by atoms with Gasteiger partial charge in [0, 0.05) is 25.5 Å². The van der Waals surface area contributed by atoms with Gasteiger partial charge in [-0.05, 0) is 24.6 Å². The fourth-order valence-electron chi connectivity index (χ4n) is 1.65. The molecule has 0 saturated carbocycles. The van der Waals surface area contributed by atoms with Crippen LogP contribution in [0.25, 0.3) is 0 Å². The zero-order chi connectivity index (χ0) is 15.8. The van der Waals surface area contributed by atoms with Crippen molar-refractivity contribution in [3.63, 3.8) is 0 Å². The minimum Gasteiger partial charge on any atom is -0.481 e. The summed E-state index contributed by atoms with van der Waals surface area (Å²) in [6.45, 7) is 2.38.